The van der Waals surface area contributed by atoms with Crippen LogP contribution in [-0.2, 0) is 10.0 Å². The maximum Gasteiger partial charge on any atom is 0.242 e. The summed E-state index contributed by atoms with van der Waals surface area (Å²) in [5.74, 6) is 1.50. The van der Waals surface area contributed by atoms with Crippen LogP contribution in [0.2, 0.25) is 0 Å². The summed E-state index contributed by atoms with van der Waals surface area (Å²) in [4.78, 5) is 0.124. The van der Waals surface area contributed by atoms with E-state index in [9.17, 15) is 8.42 Å². The Labute approximate surface area is 118 Å². The van der Waals surface area contributed by atoms with Crippen LogP contribution < -0.4 is 10.5 Å². The maximum atomic E-state index is 12.0. The fourth-order valence-corrected chi connectivity index (χ4v) is 3.56. The van der Waals surface area contributed by atoms with E-state index in [0.29, 0.717) is 12.3 Å². The molecule has 0 saturated heterocycles. The second-order valence-electron chi connectivity index (χ2n) is 4.13. The zero-order chi connectivity index (χ0) is 14.3. The molecular formula is C12H20N2O3S2. The van der Waals surface area contributed by atoms with E-state index in [1.807, 2.05) is 6.92 Å². The summed E-state index contributed by atoms with van der Waals surface area (Å²) >= 11 is 1.60. The van der Waals surface area contributed by atoms with Crippen LogP contribution in [0.3, 0.4) is 0 Å². The maximum absolute atomic E-state index is 12.0. The van der Waals surface area contributed by atoms with Gasteiger partial charge in [0, 0.05) is 18.9 Å². The van der Waals surface area contributed by atoms with Gasteiger partial charge >= 0.3 is 0 Å². The van der Waals surface area contributed by atoms with Crippen LogP contribution in [0.1, 0.15) is 12.0 Å². The molecule has 1 rings (SSSR count). The zero-order valence-corrected chi connectivity index (χ0v) is 12.6. The number of hydrogen-bond donors (Lipinski definition) is 3. The van der Waals surface area contributed by atoms with Gasteiger partial charge in [-0.3, -0.25) is 0 Å². The van der Waals surface area contributed by atoms with Crippen molar-refractivity contribution in [1.29, 1.82) is 0 Å². The van der Waals surface area contributed by atoms with Crippen molar-refractivity contribution in [2.75, 3.05) is 30.4 Å². The Balaban J connectivity index is 2.52. The van der Waals surface area contributed by atoms with Crippen molar-refractivity contribution in [3.8, 4) is 0 Å². The number of nitrogen functional groups attached to an aromatic ring is 1. The Hall–Kier alpha value is -0.760. The summed E-state index contributed by atoms with van der Waals surface area (Å²) in [5.41, 5.74) is 6.92. The molecule has 0 bridgehead atoms. The molecule has 0 aromatic heterocycles. The number of nitrogens with two attached hydrogens (primary N) is 1. The number of anilines is 1. The zero-order valence-electron chi connectivity index (χ0n) is 10.9. The van der Waals surface area contributed by atoms with E-state index >= 15 is 0 Å². The van der Waals surface area contributed by atoms with E-state index in [1.54, 1.807) is 23.9 Å². The van der Waals surface area contributed by atoms with E-state index < -0.39 is 10.0 Å². The molecule has 1 aromatic carbocycles. The first kappa shape index (κ1) is 16.3. The van der Waals surface area contributed by atoms with E-state index in [2.05, 4.69) is 4.72 Å². The third kappa shape index (κ3) is 5.40. The topological polar surface area (TPSA) is 92.4 Å². The molecule has 0 atom stereocenters. The van der Waals surface area contributed by atoms with Crippen LogP contribution in [0.5, 0.6) is 0 Å². The summed E-state index contributed by atoms with van der Waals surface area (Å²) in [5, 5.41) is 8.61. The molecule has 5 nitrogen and oxygen atoms in total. The van der Waals surface area contributed by atoms with E-state index in [1.165, 1.54) is 6.07 Å². The second-order valence-corrected chi connectivity index (χ2v) is 7.09. The molecule has 4 N–H and O–H groups in total. The molecule has 19 heavy (non-hydrogen) atoms. The number of nitrogens with one attached hydrogen (secondary N) is 1. The van der Waals surface area contributed by atoms with Gasteiger partial charge in [-0.2, -0.15) is 11.8 Å². The van der Waals surface area contributed by atoms with E-state index in [0.717, 1.165) is 17.7 Å². The van der Waals surface area contributed by atoms with Gasteiger partial charge in [0.05, 0.1) is 5.69 Å². The number of rotatable bonds is 8. The first-order valence-corrected chi connectivity index (χ1v) is 8.65. The molecule has 0 unspecified atom stereocenters. The second kappa shape index (κ2) is 7.74. The van der Waals surface area contributed by atoms with Crippen molar-refractivity contribution in [3.05, 3.63) is 23.8 Å². The standard InChI is InChI=1S/C12H20N2O3S2/c1-10-3-4-12(11(13)9-10)19(16,17)14-5-8-18-7-2-6-15/h3-4,9,14-15H,2,5-8,13H2,1H3. The van der Waals surface area contributed by atoms with Gasteiger partial charge in [-0.05, 0) is 36.8 Å². The number of hydrogen-bond acceptors (Lipinski definition) is 5. The number of aliphatic hydroxyl groups is 1. The summed E-state index contributed by atoms with van der Waals surface area (Å²) in [6, 6.07) is 4.89. The van der Waals surface area contributed by atoms with Crippen molar-refractivity contribution in [1.82, 2.24) is 4.72 Å². The molecule has 108 valence electrons. The molecule has 0 radical (unpaired) electrons. The number of sulfonamides is 1. The van der Waals surface area contributed by atoms with Gasteiger partial charge in [-0.1, -0.05) is 6.07 Å². The summed E-state index contributed by atoms with van der Waals surface area (Å²) in [6.07, 6.45) is 0.725. The van der Waals surface area contributed by atoms with Crippen molar-refractivity contribution >= 4 is 27.5 Å². The van der Waals surface area contributed by atoms with Gasteiger partial charge in [0.1, 0.15) is 4.90 Å². The fourth-order valence-electron chi connectivity index (χ4n) is 1.51. The minimum absolute atomic E-state index is 0.124. The lowest BCUT2D eigenvalue weighted by atomic mass is 10.2. The van der Waals surface area contributed by atoms with Gasteiger partial charge in [-0.25, -0.2) is 13.1 Å². The Morgan fingerprint density at radius 2 is 2.11 bits per heavy atom. The molecular weight excluding hydrogens is 284 g/mol. The van der Waals surface area contributed by atoms with Gasteiger partial charge in [0.25, 0.3) is 0 Å². The molecule has 0 aliphatic carbocycles. The van der Waals surface area contributed by atoms with Crippen LogP contribution in [0.4, 0.5) is 5.69 Å². The summed E-state index contributed by atoms with van der Waals surface area (Å²) in [6.45, 7) is 2.38. The van der Waals surface area contributed by atoms with Crippen LogP contribution >= 0.6 is 11.8 Å². The molecule has 0 aliphatic heterocycles. The lowest BCUT2D eigenvalue weighted by molar-refractivity contribution is 0.296. The average Bonchev–Trinajstić information content (AvgIpc) is 2.33. The van der Waals surface area contributed by atoms with Crippen LogP contribution in [-0.4, -0.2) is 38.2 Å². The predicted molar refractivity (Wildman–Crippen MR) is 79.8 cm³/mol. The highest BCUT2D eigenvalue weighted by Gasteiger charge is 2.16. The third-order valence-corrected chi connectivity index (χ3v) is 5.05. The SMILES string of the molecule is Cc1ccc(S(=O)(=O)NCCSCCCO)c(N)c1. The van der Waals surface area contributed by atoms with Gasteiger partial charge in [-0.15, -0.1) is 0 Å². The molecule has 0 fully saturated rings. The van der Waals surface area contributed by atoms with Crippen molar-refractivity contribution < 1.29 is 13.5 Å². The van der Waals surface area contributed by atoms with Gasteiger partial charge in [0.2, 0.25) is 10.0 Å². The Morgan fingerprint density at radius 3 is 2.74 bits per heavy atom. The van der Waals surface area contributed by atoms with Crippen LogP contribution in [0.15, 0.2) is 23.1 Å². The molecule has 0 saturated carbocycles. The largest absolute Gasteiger partial charge is 0.398 e. The molecule has 0 aliphatic rings. The predicted octanol–water partition coefficient (Wildman–Crippen LogP) is 0.971. The van der Waals surface area contributed by atoms with Crippen molar-refractivity contribution in [3.63, 3.8) is 0 Å². The molecule has 7 heteroatoms. The van der Waals surface area contributed by atoms with Crippen LogP contribution in [0, 0.1) is 6.92 Å². The van der Waals surface area contributed by atoms with E-state index in [4.69, 9.17) is 10.8 Å². The van der Waals surface area contributed by atoms with Crippen molar-refractivity contribution in [2.24, 2.45) is 0 Å². The third-order valence-electron chi connectivity index (χ3n) is 2.44. The highest BCUT2D eigenvalue weighted by Crippen LogP contribution is 2.19. The highest BCUT2D eigenvalue weighted by molar-refractivity contribution is 7.99. The minimum Gasteiger partial charge on any atom is -0.398 e. The van der Waals surface area contributed by atoms with E-state index in [-0.39, 0.29) is 17.2 Å². The number of aryl methyl sites for hydroxylation is 1. The number of aliphatic hydroxyl groups excluding tert-OH is 1. The summed E-state index contributed by atoms with van der Waals surface area (Å²) < 4.78 is 26.5. The first-order valence-electron chi connectivity index (χ1n) is 6.02. The Bertz CT molecular complexity index is 504. The van der Waals surface area contributed by atoms with Gasteiger partial charge < -0.3 is 10.8 Å². The molecule has 0 heterocycles. The fraction of sp³-hybridized carbons (Fsp3) is 0.500. The molecule has 0 spiro atoms. The Morgan fingerprint density at radius 1 is 1.37 bits per heavy atom. The highest BCUT2D eigenvalue weighted by atomic mass is 32.2. The lowest BCUT2D eigenvalue weighted by Crippen LogP contribution is -2.26. The number of thioether (sulfide) groups is 1. The lowest BCUT2D eigenvalue weighted by Gasteiger charge is -2.09. The Kier molecular flexibility index (Phi) is 6.64. The van der Waals surface area contributed by atoms with Crippen molar-refractivity contribution in [2.45, 2.75) is 18.2 Å². The molecule has 1 aromatic rings. The number of benzene rings is 1. The minimum atomic E-state index is -3.54. The summed E-state index contributed by atoms with van der Waals surface area (Å²) in [7, 11) is -3.54. The quantitative estimate of drug-likeness (QED) is 0.491. The van der Waals surface area contributed by atoms with Gasteiger partial charge in [0.15, 0.2) is 0 Å². The first-order chi connectivity index (χ1) is 8.97. The molecule has 0 amide bonds. The monoisotopic (exact) mass is 304 g/mol. The smallest absolute Gasteiger partial charge is 0.242 e. The van der Waals surface area contributed by atoms with Crippen LogP contribution in [0.25, 0.3) is 0 Å². The average molecular weight is 304 g/mol. The normalized spacial score (nSPS) is 11.7.